The molecule has 5 heteroatoms. The molecule has 1 amide bonds. The van der Waals surface area contributed by atoms with E-state index in [1.165, 1.54) is 6.07 Å². The number of fused-ring (bicyclic) bond motifs is 1. The molecule has 1 atom stereocenters. The van der Waals surface area contributed by atoms with E-state index in [1.807, 2.05) is 36.5 Å². The van der Waals surface area contributed by atoms with Gasteiger partial charge in [-0.15, -0.1) is 0 Å². The summed E-state index contributed by atoms with van der Waals surface area (Å²) >= 11 is 0. The average Bonchev–Trinajstić information content (AvgIpc) is 3.31. The first kappa shape index (κ1) is 16.8. The van der Waals surface area contributed by atoms with Crippen LogP contribution in [0.3, 0.4) is 0 Å². The van der Waals surface area contributed by atoms with Crippen molar-refractivity contribution in [3.8, 4) is 11.1 Å². The highest BCUT2D eigenvalue weighted by Crippen LogP contribution is 2.26. The molecular formula is C21H22FN3O. The van der Waals surface area contributed by atoms with Gasteiger partial charge in [-0.3, -0.25) is 4.79 Å². The highest BCUT2D eigenvalue weighted by Gasteiger charge is 2.22. The Hall–Kier alpha value is -2.66. The van der Waals surface area contributed by atoms with Crippen LogP contribution in [0.25, 0.3) is 22.0 Å². The lowest BCUT2D eigenvalue weighted by Gasteiger charge is -2.21. The number of hydrogen-bond donors (Lipinski definition) is 2. The van der Waals surface area contributed by atoms with Gasteiger partial charge in [0.25, 0.3) is 5.91 Å². The Kier molecular flexibility index (Phi) is 4.47. The SMILES string of the molecule is CN(CC1CCNC1)C(=O)c1ccc(-c2ccc3cc[nH]c3c2)cc1F. The van der Waals surface area contributed by atoms with E-state index in [-0.39, 0.29) is 11.5 Å². The lowest BCUT2D eigenvalue weighted by Crippen LogP contribution is -2.33. The standard InChI is InChI=1S/C21H22FN3O/c1-25(13-14-6-8-23-12-14)21(26)18-5-4-16(10-19(18)22)17-3-2-15-7-9-24-20(15)11-17/h2-5,7,9-11,14,23-24H,6,8,12-13H2,1H3. The molecular weight excluding hydrogens is 329 g/mol. The summed E-state index contributed by atoms with van der Waals surface area (Å²) in [5, 5.41) is 4.40. The normalized spacial score (nSPS) is 16.9. The maximum absolute atomic E-state index is 14.6. The van der Waals surface area contributed by atoms with Crippen LogP contribution in [0.5, 0.6) is 0 Å². The summed E-state index contributed by atoms with van der Waals surface area (Å²) in [7, 11) is 1.74. The maximum atomic E-state index is 14.6. The first-order chi connectivity index (χ1) is 12.6. The lowest BCUT2D eigenvalue weighted by molar-refractivity contribution is 0.0771. The monoisotopic (exact) mass is 351 g/mol. The summed E-state index contributed by atoms with van der Waals surface area (Å²) in [4.78, 5) is 17.4. The quantitative estimate of drug-likeness (QED) is 0.754. The molecule has 1 unspecified atom stereocenters. The molecule has 0 bridgehead atoms. The van der Waals surface area contributed by atoms with Crippen molar-refractivity contribution < 1.29 is 9.18 Å². The molecule has 2 heterocycles. The van der Waals surface area contributed by atoms with E-state index in [0.717, 1.165) is 41.5 Å². The van der Waals surface area contributed by atoms with Crippen LogP contribution in [0, 0.1) is 11.7 Å². The van der Waals surface area contributed by atoms with Gasteiger partial charge in [0, 0.05) is 25.3 Å². The second-order valence-corrected chi connectivity index (χ2v) is 7.02. The second kappa shape index (κ2) is 6.92. The minimum Gasteiger partial charge on any atom is -0.361 e. The van der Waals surface area contributed by atoms with Gasteiger partial charge in [0.05, 0.1) is 5.56 Å². The van der Waals surface area contributed by atoms with Gasteiger partial charge in [-0.2, -0.15) is 0 Å². The highest BCUT2D eigenvalue weighted by molar-refractivity contribution is 5.95. The number of carbonyl (C=O) groups is 1. The fourth-order valence-corrected chi connectivity index (χ4v) is 3.64. The predicted molar refractivity (Wildman–Crippen MR) is 102 cm³/mol. The van der Waals surface area contributed by atoms with Crippen molar-refractivity contribution in [3.63, 3.8) is 0 Å². The van der Waals surface area contributed by atoms with Gasteiger partial charge in [0.2, 0.25) is 0 Å². The molecule has 2 N–H and O–H groups in total. The molecule has 1 aliphatic heterocycles. The average molecular weight is 351 g/mol. The largest absolute Gasteiger partial charge is 0.361 e. The second-order valence-electron chi connectivity index (χ2n) is 7.02. The molecule has 0 aliphatic carbocycles. The third-order valence-electron chi connectivity index (χ3n) is 5.13. The van der Waals surface area contributed by atoms with Crippen LogP contribution >= 0.6 is 0 Å². The zero-order valence-electron chi connectivity index (χ0n) is 14.8. The van der Waals surface area contributed by atoms with Crippen LogP contribution in [0.2, 0.25) is 0 Å². The van der Waals surface area contributed by atoms with Crippen LogP contribution in [0.4, 0.5) is 4.39 Å². The zero-order valence-corrected chi connectivity index (χ0v) is 14.8. The van der Waals surface area contributed by atoms with E-state index in [9.17, 15) is 9.18 Å². The van der Waals surface area contributed by atoms with Gasteiger partial charge in [-0.05, 0) is 66.2 Å². The van der Waals surface area contributed by atoms with E-state index in [2.05, 4.69) is 10.3 Å². The van der Waals surface area contributed by atoms with Crippen molar-refractivity contribution in [2.24, 2.45) is 5.92 Å². The van der Waals surface area contributed by atoms with Crippen molar-refractivity contribution in [1.82, 2.24) is 15.2 Å². The number of hydrogen-bond acceptors (Lipinski definition) is 2. The van der Waals surface area contributed by atoms with Crippen LogP contribution in [0.15, 0.2) is 48.7 Å². The van der Waals surface area contributed by atoms with Gasteiger partial charge >= 0.3 is 0 Å². The Morgan fingerprint density at radius 1 is 1.19 bits per heavy atom. The molecule has 26 heavy (non-hydrogen) atoms. The van der Waals surface area contributed by atoms with Gasteiger partial charge in [0.15, 0.2) is 0 Å². The molecule has 0 spiro atoms. The number of benzene rings is 2. The van der Waals surface area contributed by atoms with Gasteiger partial charge < -0.3 is 15.2 Å². The fraction of sp³-hybridized carbons (Fsp3) is 0.286. The summed E-state index contributed by atoms with van der Waals surface area (Å²) in [6.07, 6.45) is 2.94. The summed E-state index contributed by atoms with van der Waals surface area (Å²) in [6.45, 7) is 2.55. The molecule has 134 valence electrons. The van der Waals surface area contributed by atoms with Crippen LogP contribution in [-0.4, -0.2) is 42.5 Å². The smallest absolute Gasteiger partial charge is 0.256 e. The van der Waals surface area contributed by atoms with Gasteiger partial charge in [-0.25, -0.2) is 4.39 Å². The minimum atomic E-state index is -0.476. The molecule has 3 aromatic rings. The number of amides is 1. The van der Waals surface area contributed by atoms with Crippen LogP contribution in [-0.2, 0) is 0 Å². The first-order valence-corrected chi connectivity index (χ1v) is 8.95. The van der Waals surface area contributed by atoms with E-state index < -0.39 is 5.82 Å². The minimum absolute atomic E-state index is 0.128. The van der Waals surface area contributed by atoms with Crippen molar-refractivity contribution >= 4 is 16.8 Å². The molecule has 2 aromatic carbocycles. The van der Waals surface area contributed by atoms with Gasteiger partial charge in [-0.1, -0.05) is 18.2 Å². The Morgan fingerprint density at radius 3 is 2.77 bits per heavy atom. The number of nitrogens with one attached hydrogen (secondary N) is 2. The molecule has 1 aliphatic rings. The van der Waals surface area contributed by atoms with Gasteiger partial charge in [0.1, 0.15) is 5.82 Å². The molecule has 0 radical (unpaired) electrons. The summed E-state index contributed by atoms with van der Waals surface area (Å²) < 4.78 is 14.6. The number of carbonyl (C=O) groups excluding carboxylic acids is 1. The zero-order chi connectivity index (χ0) is 18.1. The molecule has 1 saturated heterocycles. The molecule has 1 aromatic heterocycles. The number of rotatable bonds is 4. The third-order valence-corrected chi connectivity index (χ3v) is 5.13. The van der Waals surface area contributed by atoms with E-state index in [0.29, 0.717) is 12.5 Å². The number of aromatic amines is 1. The number of halogens is 1. The Bertz CT molecular complexity index is 943. The van der Waals surface area contributed by atoms with E-state index in [4.69, 9.17) is 0 Å². The Morgan fingerprint density at radius 2 is 2.00 bits per heavy atom. The number of H-pyrrole nitrogens is 1. The van der Waals surface area contributed by atoms with Crippen molar-refractivity contribution in [1.29, 1.82) is 0 Å². The fourth-order valence-electron chi connectivity index (χ4n) is 3.64. The van der Waals surface area contributed by atoms with Crippen molar-refractivity contribution in [3.05, 3.63) is 60.0 Å². The van der Waals surface area contributed by atoms with Crippen LogP contribution < -0.4 is 5.32 Å². The molecule has 4 rings (SSSR count). The number of nitrogens with zero attached hydrogens (tertiary/aromatic N) is 1. The molecule has 1 fully saturated rings. The van der Waals surface area contributed by atoms with Crippen LogP contribution in [0.1, 0.15) is 16.8 Å². The predicted octanol–water partition coefficient (Wildman–Crippen LogP) is 3.66. The summed E-state index contributed by atoms with van der Waals surface area (Å²) in [5.74, 6) is -0.296. The Balaban J connectivity index is 1.55. The van der Waals surface area contributed by atoms with Crippen molar-refractivity contribution in [2.75, 3.05) is 26.7 Å². The first-order valence-electron chi connectivity index (χ1n) is 8.95. The van der Waals surface area contributed by atoms with E-state index in [1.54, 1.807) is 18.0 Å². The summed E-state index contributed by atoms with van der Waals surface area (Å²) in [5.41, 5.74) is 2.82. The highest BCUT2D eigenvalue weighted by atomic mass is 19.1. The molecule has 0 saturated carbocycles. The molecule has 4 nitrogen and oxygen atoms in total. The van der Waals surface area contributed by atoms with Crippen molar-refractivity contribution in [2.45, 2.75) is 6.42 Å². The Labute approximate surface area is 152 Å². The number of aromatic nitrogens is 1. The third kappa shape index (κ3) is 3.22. The topological polar surface area (TPSA) is 48.1 Å². The van der Waals surface area contributed by atoms with E-state index >= 15 is 0 Å². The lowest BCUT2D eigenvalue weighted by atomic mass is 10.0. The summed E-state index contributed by atoms with van der Waals surface area (Å²) in [6, 6.07) is 12.8. The maximum Gasteiger partial charge on any atom is 0.256 e.